The van der Waals surface area contributed by atoms with Gasteiger partial charge >= 0.3 is 0 Å². The third-order valence-corrected chi connectivity index (χ3v) is 4.35. The molecule has 2 aromatic rings. The molecule has 0 heterocycles. The molecule has 0 radical (unpaired) electrons. The van der Waals surface area contributed by atoms with E-state index in [1.807, 2.05) is 13.0 Å². The number of carbonyl (C=O) groups excluding carboxylic acids is 1. The van der Waals surface area contributed by atoms with Gasteiger partial charge in [0.1, 0.15) is 0 Å². The second-order valence-corrected chi connectivity index (χ2v) is 5.95. The molecule has 0 fully saturated rings. The van der Waals surface area contributed by atoms with Crippen molar-refractivity contribution in [2.75, 3.05) is 6.54 Å². The zero-order valence-corrected chi connectivity index (χ0v) is 12.5. The number of hydrogen-bond donors (Lipinski definition) is 1. The maximum absolute atomic E-state index is 11.8. The average molecular weight is 285 g/mol. The quantitative estimate of drug-likeness (QED) is 0.819. The molecule has 0 spiro atoms. The van der Waals surface area contributed by atoms with Gasteiger partial charge in [-0.05, 0) is 23.3 Å². The number of hydrogen-bond acceptors (Lipinski definition) is 2. The van der Waals surface area contributed by atoms with Crippen molar-refractivity contribution in [2.24, 2.45) is 0 Å². The van der Waals surface area contributed by atoms with Crippen molar-refractivity contribution in [3.05, 3.63) is 60.7 Å². The minimum absolute atomic E-state index is 0.0612. The lowest BCUT2D eigenvalue weighted by Gasteiger charge is -2.12. The Hall–Kier alpha value is -1.74. The minimum atomic E-state index is -0.0612. The zero-order chi connectivity index (χ0) is 14.4. The highest BCUT2D eigenvalue weighted by Gasteiger charge is 2.12. The lowest BCUT2D eigenvalue weighted by atomic mass is 10.1. The summed E-state index contributed by atoms with van der Waals surface area (Å²) in [4.78, 5) is 11.8. The highest BCUT2D eigenvalue weighted by Crippen LogP contribution is 2.24. The molecule has 0 unspecified atom stereocenters. The van der Waals surface area contributed by atoms with Crippen molar-refractivity contribution in [1.82, 2.24) is 5.32 Å². The fourth-order valence-corrected chi connectivity index (χ4v) is 2.94. The fraction of sp³-hybridized carbons (Fsp3) is 0.235. The van der Waals surface area contributed by atoms with Gasteiger partial charge in [-0.3, -0.25) is 4.79 Å². The van der Waals surface area contributed by atoms with E-state index in [4.69, 9.17) is 0 Å². The number of carbonyl (C=O) groups is 1. The topological polar surface area (TPSA) is 29.1 Å². The Morgan fingerprint density at radius 1 is 1.30 bits per heavy atom. The Bertz CT molecular complexity index is 603. The van der Waals surface area contributed by atoms with Crippen LogP contribution in [0.1, 0.15) is 12.5 Å². The van der Waals surface area contributed by atoms with Gasteiger partial charge in [-0.15, -0.1) is 18.3 Å². The van der Waals surface area contributed by atoms with E-state index < -0.39 is 0 Å². The number of benzene rings is 2. The van der Waals surface area contributed by atoms with Crippen LogP contribution in [0, 0.1) is 0 Å². The predicted molar refractivity (Wildman–Crippen MR) is 87.9 cm³/mol. The van der Waals surface area contributed by atoms with Gasteiger partial charge in [0, 0.05) is 12.3 Å². The fourth-order valence-electron chi connectivity index (χ4n) is 2.03. The summed E-state index contributed by atoms with van der Waals surface area (Å²) in [7, 11) is 0. The molecule has 0 aliphatic carbocycles. The lowest BCUT2D eigenvalue weighted by Crippen LogP contribution is -2.30. The van der Waals surface area contributed by atoms with Crippen LogP contribution in [0.3, 0.4) is 0 Å². The van der Waals surface area contributed by atoms with Crippen LogP contribution in [0.25, 0.3) is 10.8 Å². The summed E-state index contributed by atoms with van der Waals surface area (Å²) in [6.07, 6.45) is 1.69. The molecule has 1 atom stereocenters. The average Bonchev–Trinajstić information content (AvgIpc) is 2.50. The van der Waals surface area contributed by atoms with Crippen LogP contribution < -0.4 is 5.32 Å². The second-order valence-electron chi connectivity index (χ2n) is 4.63. The van der Waals surface area contributed by atoms with Crippen molar-refractivity contribution < 1.29 is 4.79 Å². The van der Waals surface area contributed by atoms with E-state index in [1.165, 1.54) is 16.3 Å². The summed E-state index contributed by atoms with van der Waals surface area (Å²) in [6, 6.07) is 14.7. The Balaban J connectivity index is 2.02. The maximum Gasteiger partial charge on any atom is 0.233 e. The first-order chi connectivity index (χ1) is 9.72. The molecule has 1 amide bonds. The molecule has 104 valence electrons. The Morgan fingerprint density at radius 2 is 2.05 bits per heavy atom. The SMILES string of the molecule is C=CCNC(=O)[C@H](C)SCc1cccc2ccccc12. The molecular weight excluding hydrogens is 266 g/mol. The van der Waals surface area contributed by atoms with Gasteiger partial charge in [-0.25, -0.2) is 0 Å². The normalized spacial score (nSPS) is 12.1. The molecule has 0 aromatic heterocycles. The van der Waals surface area contributed by atoms with Gasteiger partial charge in [0.05, 0.1) is 5.25 Å². The predicted octanol–water partition coefficient (Wildman–Crippen LogP) is 3.76. The van der Waals surface area contributed by atoms with Crippen molar-refractivity contribution in [1.29, 1.82) is 0 Å². The molecule has 0 saturated carbocycles. The first-order valence-corrected chi connectivity index (χ1v) is 7.74. The summed E-state index contributed by atoms with van der Waals surface area (Å²) in [5.41, 5.74) is 1.27. The molecule has 3 heteroatoms. The Morgan fingerprint density at radius 3 is 2.85 bits per heavy atom. The summed E-state index contributed by atoms with van der Waals surface area (Å²) < 4.78 is 0. The Kier molecular flexibility index (Phi) is 5.24. The van der Waals surface area contributed by atoms with Crippen LogP contribution in [-0.2, 0) is 10.5 Å². The number of rotatable bonds is 6. The number of amides is 1. The summed E-state index contributed by atoms with van der Waals surface area (Å²) in [5, 5.41) is 5.28. The van der Waals surface area contributed by atoms with Gasteiger partial charge < -0.3 is 5.32 Å². The molecule has 1 N–H and O–H groups in total. The summed E-state index contributed by atoms with van der Waals surface area (Å²) >= 11 is 1.66. The highest BCUT2D eigenvalue weighted by atomic mass is 32.2. The summed E-state index contributed by atoms with van der Waals surface area (Å²) in [5.74, 6) is 0.902. The molecule has 0 aliphatic rings. The van der Waals surface area contributed by atoms with E-state index in [-0.39, 0.29) is 11.2 Å². The van der Waals surface area contributed by atoms with Crippen LogP contribution in [0.15, 0.2) is 55.1 Å². The first-order valence-electron chi connectivity index (χ1n) is 6.69. The van der Waals surface area contributed by atoms with Crippen molar-refractivity contribution >= 4 is 28.4 Å². The first kappa shape index (κ1) is 14.7. The number of nitrogens with one attached hydrogen (secondary N) is 1. The third kappa shape index (κ3) is 3.64. The highest BCUT2D eigenvalue weighted by molar-refractivity contribution is 7.99. The largest absolute Gasteiger partial charge is 0.352 e. The third-order valence-electron chi connectivity index (χ3n) is 3.16. The molecule has 2 aromatic carbocycles. The van der Waals surface area contributed by atoms with Crippen LogP contribution in [-0.4, -0.2) is 17.7 Å². The van der Waals surface area contributed by atoms with Gasteiger partial charge in [0.25, 0.3) is 0 Å². The molecule has 0 saturated heterocycles. The lowest BCUT2D eigenvalue weighted by molar-refractivity contribution is -0.120. The van der Waals surface area contributed by atoms with Crippen LogP contribution in [0.5, 0.6) is 0 Å². The molecule has 0 bridgehead atoms. The number of thioether (sulfide) groups is 1. The smallest absolute Gasteiger partial charge is 0.233 e. The van der Waals surface area contributed by atoms with Crippen molar-refractivity contribution in [3.63, 3.8) is 0 Å². The minimum Gasteiger partial charge on any atom is -0.352 e. The monoisotopic (exact) mass is 285 g/mol. The van der Waals surface area contributed by atoms with Gasteiger partial charge in [-0.1, -0.05) is 48.5 Å². The second kappa shape index (κ2) is 7.15. The van der Waals surface area contributed by atoms with Crippen molar-refractivity contribution in [2.45, 2.75) is 17.9 Å². The van der Waals surface area contributed by atoms with E-state index in [1.54, 1.807) is 17.8 Å². The van der Waals surface area contributed by atoms with E-state index in [9.17, 15) is 4.79 Å². The van der Waals surface area contributed by atoms with E-state index >= 15 is 0 Å². The van der Waals surface area contributed by atoms with Crippen molar-refractivity contribution in [3.8, 4) is 0 Å². The van der Waals surface area contributed by atoms with E-state index in [0.29, 0.717) is 6.54 Å². The molecule has 0 aliphatic heterocycles. The molecule has 2 rings (SSSR count). The zero-order valence-electron chi connectivity index (χ0n) is 11.6. The standard InChI is InChI=1S/C17H19NOS/c1-3-11-18-17(19)13(2)20-12-15-9-6-8-14-7-4-5-10-16(14)15/h3-10,13H,1,11-12H2,2H3,(H,18,19)/t13-/m0/s1. The van der Waals surface area contributed by atoms with Crippen LogP contribution in [0.2, 0.25) is 0 Å². The maximum atomic E-state index is 11.8. The van der Waals surface area contributed by atoms with Crippen LogP contribution >= 0.6 is 11.8 Å². The molecule has 2 nitrogen and oxygen atoms in total. The van der Waals surface area contributed by atoms with E-state index in [2.05, 4.69) is 48.3 Å². The van der Waals surface area contributed by atoms with E-state index in [0.717, 1.165) is 5.75 Å². The van der Waals surface area contributed by atoms with Crippen LogP contribution in [0.4, 0.5) is 0 Å². The van der Waals surface area contributed by atoms with Gasteiger partial charge in [-0.2, -0.15) is 0 Å². The number of fused-ring (bicyclic) bond motifs is 1. The van der Waals surface area contributed by atoms with Gasteiger partial charge in [0.15, 0.2) is 0 Å². The summed E-state index contributed by atoms with van der Waals surface area (Å²) in [6.45, 7) is 6.06. The molecule has 20 heavy (non-hydrogen) atoms. The van der Waals surface area contributed by atoms with Gasteiger partial charge in [0.2, 0.25) is 5.91 Å². The molecular formula is C17H19NOS. The Labute approximate surface area is 124 Å².